The first-order valence-corrected chi connectivity index (χ1v) is 34.3. The first-order valence-electron chi connectivity index (χ1n) is 34.3. The van der Waals surface area contributed by atoms with Gasteiger partial charge in [0.25, 0.3) is 0 Å². The Balaban J connectivity index is 0.780. The maximum Gasteiger partial charge on any atom is 0.187 e. The second-order valence-electron chi connectivity index (χ2n) is 30.1. The van der Waals surface area contributed by atoms with Crippen LogP contribution in [0.2, 0.25) is 0 Å². The Labute approximate surface area is 554 Å². The predicted octanol–water partition coefficient (Wildman–Crippen LogP) is -7.26. The van der Waals surface area contributed by atoms with E-state index in [0.717, 1.165) is 32.1 Å². The number of fused-ring (bicyclic) bond motifs is 7. The zero-order valence-corrected chi connectivity index (χ0v) is 54.4. The molecule has 12 aliphatic rings. The van der Waals surface area contributed by atoms with Gasteiger partial charge in [0.05, 0.1) is 64.1 Å². The monoisotopic (exact) mass is 1390 g/mol. The van der Waals surface area contributed by atoms with Crippen molar-refractivity contribution in [1.82, 2.24) is 0 Å². The molecule has 33 nitrogen and oxygen atoms in total. The highest BCUT2D eigenvalue weighted by Crippen LogP contribution is 2.71. The topological polar surface area (TPSA) is 514 Å². The summed E-state index contributed by atoms with van der Waals surface area (Å²) in [5.41, 5.74) is -0.380. The average Bonchev–Trinajstić information content (AvgIpc) is 1.49. The Morgan fingerprint density at radius 1 is 0.375 bits per heavy atom. The van der Waals surface area contributed by atoms with E-state index in [-0.39, 0.29) is 40.6 Å². The molecule has 43 atom stereocenters. The average molecular weight is 1390 g/mol. The fraction of sp³-hybridized carbons (Fsp3) is 1.00. The Hall–Kier alpha value is -1.32. The van der Waals surface area contributed by atoms with Crippen molar-refractivity contribution in [1.29, 1.82) is 0 Å². The molecule has 8 saturated heterocycles. The lowest BCUT2D eigenvalue weighted by Gasteiger charge is -2.62. The van der Waals surface area contributed by atoms with E-state index in [2.05, 4.69) is 27.7 Å². The molecule has 4 aliphatic carbocycles. The van der Waals surface area contributed by atoms with Crippen LogP contribution in [-0.2, 0) is 66.3 Å². The van der Waals surface area contributed by atoms with Crippen molar-refractivity contribution < 1.29 is 163 Å². The normalized spacial score (nSPS) is 57.6. The van der Waals surface area contributed by atoms with Gasteiger partial charge in [-0.1, -0.05) is 27.7 Å². The van der Waals surface area contributed by atoms with E-state index in [0.29, 0.717) is 50.0 Å². The van der Waals surface area contributed by atoms with Crippen LogP contribution in [0.3, 0.4) is 0 Å². The number of hydrogen-bond acceptors (Lipinski definition) is 33. The first-order chi connectivity index (χ1) is 45.6. The van der Waals surface area contributed by atoms with Crippen molar-refractivity contribution in [3.63, 3.8) is 0 Å². The Bertz CT molecular complexity index is 2540. The lowest BCUT2D eigenvalue weighted by Crippen LogP contribution is -2.68. The maximum absolute atomic E-state index is 12.8. The van der Waals surface area contributed by atoms with Gasteiger partial charge >= 0.3 is 0 Å². The van der Waals surface area contributed by atoms with Gasteiger partial charge in [0.1, 0.15) is 140 Å². The molecule has 33 heteroatoms. The smallest absolute Gasteiger partial charge is 0.187 e. The molecule has 0 radical (unpaired) electrons. The minimum absolute atomic E-state index is 0.0272. The van der Waals surface area contributed by atoms with Gasteiger partial charge < -0.3 is 163 Å². The Kier molecular flexibility index (Phi) is 22.7. The molecule has 4 saturated carbocycles. The molecule has 43 unspecified atom stereocenters. The summed E-state index contributed by atoms with van der Waals surface area (Å²) in [5, 5.41) is 211. The van der Waals surface area contributed by atoms with Crippen LogP contribution in [0.4, 0.5) is 0 Å². The molecule has 554 valence electrons. The minimum Gasteiger partial charge on any atom is -0.394 e. The fourth-order valence-corrected chi connectivity index (χ4v) is 19.1. The van der Waals surface area contributed by atoms with E-state index in [4.69, 9.17) is 66.3 Å². The van der Waals surface area contributed by atoms with Crippen molar-refractivity contribution in [2.75, 3.05) is 39.6 Å². The van der Waals surface area contributed by atoms with Crippen molar-refractivity contribution >= 4 is 0 Å². The summed E-state index contributed by atoms with van der Waals surface area (Å²) in [6.45, 7) is 6.45. The van der Waals surface area contributed by atoms with Crippen LogP contribution in [0.1, 0.15) is 92.4 Å². The standard InChI is InChI=1S/C63H104O33/c1-21-6-11-63(83-20-21)22(2)36-30(96-63)14-27-25-13-29(69)28-12-24(7-9-61(28,4)26(25)8-10-62(27,36)5)85-60-54(95-59-49(82)53(40(73)33(17-66)88-59)93-56-45(78)42(75)38(71)31(15-64)86-56)47(80)51(35(19-68)90-60)92-58-48(81)52(39(72)32(16-65)87-58)94-57-46(79)43(76)50(34(18-67)89-57)91-55-44(77)41(74)37(70)23(3)84-55/h21-60,64-82H,6-20H2,1-5H3. The molecule has 12 rings (SSSR count). The van der Waals surface area contributed by atoms with Crippen molar-refractivity contribution in [3.05, 3.63) is 0 Å². The second kappa shape index (κ2) is 29.3. The van der Waals surface area contributed by atoms with Crippen molar-refractivity contribution in [2.45, 2.75) is 301 Å². The van der Waals surface area contributed by atoms with E-state index >= 15 is 0 Å². The van der Waals surface area contributed by atoms with Crippen molar-refractivity contribution in [3.8, 4) is 0 Å². The van der Waals surface area contributed by atoms with E-state index in [1.807, 2.05) is 0 Å². The highest BCUT2D eigenvalue weighted by Gasteiger charge is 2.70. The molecule has 0 amide bonds. The maximum atomic E-state index is 12.8. The summed E-state index contributed by atoms with van der Waals surface area (Å²) in [4.78, 5) is 0. The van der Waals surface area contributed by atoms with E-state index < -0.39 is 235 Å². The molecule has 0 aromatic carbocycles. The third-order valence-corrected chi connectivity index (χ3v) is 24.6. The molecule has 0 bridgehead atoms. The summed E-state index contributed by atoms with van der Waals surface area (Å²) < 4.78 is 85.5. The highest BCUT2D eigenvalue weighted by molar-refractivity contribution is 5.17. The van der Waals surface area contributed by atoms with E-state index in [1.165, 1.54) is 6.92 Å². The molecule has 0 aromatic rings. The third kappa shape index (κ3) is 13.1. The van der Waals surface area contributed by atoms with E-state index in [1.54, 1.807) is 0 Å². The van der Waals surface area contributed by atoms with Crippen LogP contribution in [0.5, 0.6) is 0 Å². The summed E-state index contributed by atoms with van der Waals surface area (Å²) >= 11 is 0. The minimum atomic E-state index is -2.21. The Morgan fingerprint density at radius 2 is 0.844 bits per heavy atom. The van der Waals surface area contributed by atoms with Gasteiger partial charge in [-0.3, -0.25) is 0 Å². The Morgan fingerprint density at radius 3 is 1.40 bits per heavy atom. The molecule has 1 spiro atoms. The number of rotatable bonds is 17. The molecule has 19 N–H and O–H groups in total. The summed E-state index contributed by atoms with van der Waals surface area (Å²) in [5.74, 6) is 0.870. The number of aliphatic hydroxyl groups is 19. The molecule has 96 heavy (non-hydrogen) atoms. The van der Waals surface area contributed by atoms with Crippen molar-refractivity contribution in [2.24, 2.45) is 52.3 Å². The van der Waals surface area contributed by atoms with Gasteiger partial charge in [0, 0.05) is 12.3 Å². The quantitative estimate of drug-likeness (QED) is 0.0602. The largest absolute Gasteiger partial charge is 0.394 e. The summed E-state index contributed by atoms with van der Waals surface area (Å²) in [6, 6.07) is 0. The van der Waals surface area contributed by atoms with Gasteiger partial charge in [-0.25, -0.2) is 0 Å². The van der Waals surface area contributed by atoms with Crippen LogP contribution >= 0.6 is 0 Å². The van der Waals surface area contributed by atoms with Gasteiger partial charge in [0.2, 0.25) is 0 Å². The van der Waals surface area contributed by atoms with Gasteiger partial charge in [-0.05, 0) is 105 Å². The van der Waals surface area contributed by atoms with Crippen LogP contribution < -0.4 is 0 Å². The molecule has 0 aromatic heterocycles. The lowest BCUT2D eigenvalue weighted by atomic mass is 9.43. The zero-order valence-electron chi connectivity index (χ0n) is 54.4. The number of ether oxygens (including phenoxy) is 14. The van der Waals surface area contributed by atoms with Gasteiger partial charge in [-0.2, -0.15) is 0 Å². The molecular formula is C63H104O33. The summed E-state index contributed by atoms with van der Waals surface area (Å²) in [6.07, 6.45) is -50.8. The van der Waals surface area contributed by atoms with Crippen LogP contribution in [0.15, 0.2) is 0 Å². The zero-order chi connectivity index (χ0) is 69.1. The summed E-state index contributed by atoms with van der Waals surface area (Å²) in [7, 11) is 0. The molecular weight excluding hydrogens is 1280 g/mol. The van der Waals surface area contributed by atoms with E-state index in [9.17, 15) is 97.0 Å². The second-order valence-corrected chi connectivity index (χ2v) is 30.1. The fourth-order valence-electron chi connectivity index (χ4n) is 19.1. The first kappa shape index (κ1) is 74.4. The van der Waals surface area contributed by atoms with Crippen LogP contribution in [-0.4, -0.2) is 345 Å². The lowest BCUT2D eigenvalue weighted by molar-refractivity contribution is -0.405. The molecule has 8 aliphatic heterocycles. The van der Waals surface area contributed by atoms with Gasteiger partial charge in [-0.15, -0.1) is 0 Å². The van der Waals surface area contributed by atoms with Gasteiger partial charge in [0.15, 0.2) is 43.5 Å². The third-order valence-electron chi connectivity index (χ3n) is 24.6. The SMILES string of the molecule is CC1CCC2(OC1)OC1CC3C4CC(O)C5CC(OC6OC(CO)C(OC7OC(CO)C(O)C(OC8OC(CO)C(OC9OC(C)C(O)C(O)C9O)C(O)C8O)C7O)C(O)C6OC6OC(CO)C(O)C(OC7OC(CO)C(O)C(O)C7O)C6O)CCC5(C)C4CCC3(C)C1C2C. The molecule has 8 heterocycles. The highest BCUT2D eigenvalue weighted by atomic mass is 16.8. The van der Waals surface area contributed by atoms with Crippen LogP contribution in [0.25, 0.3) is 0 Å². The molecule has 12 fully saturated rings. The predicted molar refractivity (Wildman–Crippen MR) is 314 cm³/mol. The number of aliphatic hydroxyl groups excluding tert-OH is 19. The number of hydrogen-bond donors (Lipinski definition) is 19. The van der Waals surface area contributed by atoms with Crippen LogP contribution in [0, 0.1) is 52.3 Å².